The predicted molar refractivity (Wildman–Crippen MR) is 64.0 cm³/mol. The lowest BCUT2D eigenvalue weighted by Gasteiger charge is -2.13. The van der Waals surface area contributed by atoms with Crippen molar-refractivity contribution in [2.45, 2.75) is 13.0 Å². The van der Waals surface area contributed by atoms with Crippen LogP contribution in [0.3, 0.4) is 0 Å². The second kappa shape index (κ2) is 4.69. The van der Waals surface area contributed by atoms with Gasteiger partial charge in [0.1, 0.15) is 0 Å². The minimum atomic E-state index is -0.917. The molecule has 2 rings (SSSR count). The third-order valence-corrected chi connectivity index (χ3v) is 2.53. The number of hydrogen-bond acceptors (Lipinski definition) is 3. The zero-order valence-electron chi connectivity index (χ0n) is 9.34. The van der Waals surface area contributed by atoms with Crippen LogP contribution in [0, 0.1) is 0 Å². The van der Waals surface area contributed by atoms with Crippen molar-refractivity contribution in [3.63, 3.8) is 0 Å². The topological polar surface area (TPSA) is 78.0 Å². The minimum absolute atomic E-state index is 0.115. The van der Waals surface area contributed by atoms with Crippen LogP contribution in [0.25, 0.3) is 0 Å². The van der Waals surface area contributed by atoms with E-state index in [0.29, 0.717) is 0 Å². The van der Waals surface area contributed by atoms with Gasteiger partial charge < -0.3 is 10.4 Å². The van der Waals surface area contributed by atoms with E-state index in [0.717, 1.165) is 11.3 Å². The number of nitrogens with zero attached hydrogens (tertiary/aromatic N) is 1. The van der Waals surface area contributed by atoms with Gasteiger partial charge in [-0.1, -0.05) is 0 Å². The van der Waals surface area contributed by atoms with Crippen LogP contribution in [-0.4, -0.2) is 21.3 Å². The van der Waals surface area contributed by atoms with Crippen LogP contribution in [-0.2, 0) is 0 Å². The number of carboxylic acid groups (broad SMARTS) is 1. The first kappa shape index (κ1) is 11.2. The lowest BCUT2D eigenvalue weighted by Crippen LogP contribution is -2.06. The third kappa shape index (κ3) is 2.63. The zero-order chi connectivity index (χ0) is 12.3. The predicted octanol–water partition coefficient (Wildman–Crippen LogP) is 2.28. The average Bonchev–Trinajstić information content (AvgIpc) is 2.83. The largest absolute Gasteiger partial charge is 0.478 e. The van der Waals surface area contributed by atoms with Crippen LogP contribution in [0.15, 0.2) is 36.7 Å². The summed E-state index contributed by atoms with van der Waals surface area (Å²) in [6.07, 6.45) is 3.58. The van der Waals surface area contributed by atoms with Gasteiger partial charge in [0, 0.05) is 17.4 Å². The van der Waals surface area contributed by atoms with Gasteiger partial charge in [-0.05, 0) is 31.2 Å². The molecule has 0 bridgehead atoms. The lowest BCUT2D eigenvalue weighted by atomic mass is 10.1. The van der Waals surface area contributed by atoms with Gasteiger partial charge in [-0.3, -0.25) is 5.10 Å². The third-order valence-electron chi connectivity index (χ3n) is 2.53. The molecule has 1 aromatic heterocycles. The summed E-state index contributed by atoms with van der Waals surface area (Å²) >= 11 is 0. The molecule has 0 radical (unpaired) electrons. The molecule has 0 spiro atoms. The highest BCUT2D eigenvalue weighted by Crippen LogP contribution is 2.18. The van der Waals surface area contributed by atoms with E-state index in [4.69, 9.17) is 5.11 Å². The molecule has 0 aliphatic rings. The van der Waals surface area contributed by atoms with Crippen LogP contribution in [0.5, 0.6) is 0 Å². The van der Waals surface area contributed by atoms with E-state index in [1.54, 1.807) is 30.5 Å². The van der Waals surface area contributed by atoms with Gasteiger partial charge in [-0.15, -0.1) is 0 Å². The number of carboxylic acids is 1. The molecule has 0 aliphatic carbocycles. The molecule has 3 N–H and O–H groups in total. The van der Waals surface area contributed by atoms with Crippen LogP contribution >= 0.6 is 0 Å². The van der Waals surface area contributed by atoms with Crippen LogP contribution in [0.2, 0.25) is 0 Å². The number of benzene rings is 1. The molecule has 0 saturated heterocycles. The molecule has 5 heteroatoms. The smallest absolute Gasteiger partial charge is 0.335 e. The van der Waals surface area contributed by atoms with E-state index >= 15 is 0 Å². The molecule has 0 fully saturated rings. The van der Waals surface area contributed by atoms with Crippen molar-refractivity contribution in [3.8, 4) is 0 Å². The van der Waals surface area contributed by atoms with Crippen molar-refractivity contribution in [2.24, 2.45) is 0 Å². The maximum absolute atomic E-state index is 10.7. The Labute approximate surface area is 98.5 Å². The minimum Gasteiger partial charge on any atom is -0.478 e. The Balaban J connectivity index is 2.06. The number of H-pyrrole nitrogens is 1. The zero-order valence-corrected chi connectivity index (χ0v) is 9.34. The molecule has 1 unspecified atom stereocenters. The summed E-state index contributed by atoms with van der Waals surface area (Å²) in [5.41, 5.74) is 2.21. The fourth-order valence-electron chi connectivity index (χ4n) is 1.54. The molecule has 1 aromatic carbocycles. The summed E-state index contributed by atoms with van der Waals surface area (Å²) in [6, 6.07) is 6.77. The highest BCUT2D eigenvalue weighted by molar-refractivity contribution is 5.88. The molecular formula is C12H13N3O2. The molecule has 2 aromatic rings. The molecule has 17 heavy (non-hydrogen) atoms. The van der Waals surface area contributed by atoms with Gasteiger partial charge in [0.05, 0.1) is 17.8 Å². The first-order chi connectivity index (χ1) is 8.16. The Morgan fingerprint density at radius 2 is 2.12 bits per heavy atom. The molecule has 88 valence electrons. The summed E-state index contributed by atoms with van der Waals surface area (Å²) < 4.78 is 0. The van der Waals surface area contributed by atoms with Crippen LogP contribution < -0.4 is 5.32 Å². The fraction of sp³-hybridized carbons (Fsp3) is 0.167. The van der Waals surface area contributed by atoms with Crippen LogP contribution in [0.1, 0.15) is 28.9 Å². The Hall–Kier alpha value is -2.30. The molecule has 1 atom stereocenters. The number of aromatic nitrogens is 2. The van der Waals surface area contributed by atoms with E-state index < -0.39 is 5.97 Å². The highest BCUT2D eigenvalue weighted by Gasteiger charge is 2.07. The standard InChI is InChI=1S/C12H13N3O2/c1-8(10-6-13-14-7-10)15-11-4-2-9(3-5-11)12(16)17/h2-8,15H,1H3,(H,13,14)(H,16,17). The summed E-state index contributed by atoms with van der Waals surface area (Å²) in [4.78, 5) is 10.7. The van der Waals surface area contributed by atoms with Crippen molar-refractivity contribution in [1.82, 2.24) is 10.2 Å². The molecular weight excluding hydrogens is 218 g/mol. The summed E-state index contributed by atoms with van der Waals surface area (Å²) in [5.74, 6) is -0.917. The first-order valence-corrected chi connectivity index (χ1v) is 5.25. The lowest BCUT2D eigenvalue weighted by molar-refractivity contribution is 0.0697. The molecule has 0 saturated carbocycles. The van der Waals surface area contributed by atoms with Gasteiger partial charge in [0.2, 0.25) is 0 Å². The number of hydrogen-bond donors (Lipinski definition) is 3. The number of rotatable bonds is 4. The van der Waals surface area contributed by atoms with Crippen molar-refractivity contribution in [2.75, 3.05) is 5.32 Å². The number of anilines is 1. The Kier molecular flexibility index (Phi) is 3.09. The van der Waals surface area contributed by atoms with Crippen LogP contribution in [0.4, 0.5) is 5.69 Å². The highest BCUT2D eigenvalue weighted by atomic mass is 16.4. The van der Waals surface area contributed by atoms with Crippen molar-refractivity contribution < 1.29 is 9.90 Å². The summed E-state index contributed by atoms with van der Waals surface area (Å²) in [6.45, 7) is 2.01. The van der Waals surface area contributed by atoms with E-state index in [-0.39, 0.29) is 11.6 Å². The van der Waals surface area contributed by atoms with Gasteiger partial charge in [0.25, 0.3) is 0 Å². The Morgan fingerprint density at radius 3 is 2.65 bits per heavy atom. The number of aromatic amines is 1. The first-order valence-electron chi connectivity index (χ1n) is 5.25. The second-order valence-corrected chi connectivity index (χ2v) is 3.78. The Bertz CT molecular complexity index is 491. The van der Waals surface area contributed by atoms with E-state index in [1.807, 2.05) is 13.1 Å². The van der Waals surface area contributed by atoms with E-state index in [2.05, 4.69) is 15.5 Å². The molecule has 0 amide bonds. The number of carbonyl (C=O) groups is 1. The monoisotopic (exact) mass is 231 g/mol. The normalized spacial score (nSPS) is 12.1. The quantitative estimate of drug-likeness (QED) is 0.754. The van der Waals surface area contributed by atoms with E-state index in [9.17, 15) is 4.79 Å². The van der Waals surface area contributed by atoms with Gasteiger partial charge >= 0.3 is 5.97 Å². The van der Waals surface area contributed by atoms with Crippen molar-refractivity contribution in [1.29, 1.82) is 0 Å². The fourth-order valence-corrected chi connectivity index (χ4v) is 1.54. The molecule has 5 nitrogen and oxygen atoms in total. The summed E-state index contributed by atoms with van der Waals surface area (Å²) in [5, 5.41) is 18.7. The van der Waals surface area contributed by atoms with Gasteiger partial charge in [0.15, 0.2) is 0 Å². The number of nitrogens with one attached hydrogen (secondary N) is 2. The SMILES string of the molecule is CC(Nc1ccc(C(=O)O)cc1)c1cn[nH]c1. The van der Waals surface area contributed by atoms with Crippen molar-refractivity contribution in [3.05, 3.63) is 47.8 Å². The van der Waals surface area contributed by atoms with E-state index in [1.165, 1.54) is 0 Å². The van der Waals surface area contributed by atoms with Gasteiger partial charge in [-0.2, -0.15) is 5.10 Å². The maximum Gasteiger partial charge on any atom is 0.335 e. The molecule has 1 heterocycles. The average molecular weight is 231 g/mol. The second-order valence-electron chi connectivity index (χ2n) is 3.78. The number of aromatic carboxylic acids is 1. The van der Waals surface area contributed by atoms with Gasteiger partial charge in [-0.25, -0.2) is 4.79 Å². The maximum atomic E-state index is 10.7. The Morgan fingerprint density at radius 1 is 1.41 bits per heavy atom. The summed E-state index contributed by atoms with van der Waals surface area (Å²) in [7, 11) is 0. The molecule has 0 aliphatic heterocycles. The van der Waals surface area contributed by atoms with Crippen molar-refractivity contribution >= 4 is 11.7 Å².